The van der Waals surface area contributed by atoms with E-state index < -0.39 is 0 Å². The summed E-state index contributed by atoms with van der Waals surface area (Å²) < 4.78 is 5.23. The predicted molar refractivity (Wildman–Crippen MR) is 113 cm³/mol. The SMILES string of the molecule is COCCN1C(=O)CCC(C(=O)N(C)Cc2ccccc2)C1c1ccc(C)cc1. The molecule has 1 saturated heterocycles. The van der Waals surface area contributed by atoms with Crippen molar-refractivity contribution in [2.45, 2.75) is 32.4 Å². The summed E-state index contributed by atoms with van der Waals surface area (Å²) in [5.41, 5.74) is 3.26. The van der Waals surface area contributed by atoms with E-state index in [4.69, 9.17) is 4.74 Å². The number of piperidine rings is 1. The van der Waals surface area contributed by atoms with Gasteiger partial charge in [0.1, 0.15) is 0 Å². The molecular weight excluding hydrogens is 364 g/mol. The van der Waals surface area contributed by atoms with Gasteiger partial charge >= 0.3 is 0 Å². The highest BCUT2D eigenvalue weighted by Gasteiger charge is 2.41. The van der Waals surface area contributed by atoms with Crippen LogP contribution in [0.4, 0.5) is 0 Å². The molecule has 29 heavy (non-hydrogen) atoms. The maximum atomic E-state index is 13.4. The molecule has 1 heterocycles. The van der Waals surface area contributed by atoms with Crippen molar-refractivity contribution in [3.05, 3.63) is 71.3 Å². The standard InChI is InChI=1S/C24H30N2O3/c1-18-9-11-20(12-10-18)23-21(13-14-22(27)26(23)15-16-29-3)24(28)25(2)17-19-7-5-4-6-8-19/h4-12,21,23H,13-17H2,1-3H3. The Bertz CT molecular complexity index is 820. The molecule has 5 nitrogen and oxygen atoms in total. The number of hydrogen-bond donors (Lipinski definition) is 0. The van der Waals surface area contributed by atoms with E-state index in [1.165, 1.54) is 0 Å². The van der Waals surface area contributed by atoms with E-state index in [9.17, 15) is 9.59 Å². The molecule has 2 aromatic carbocycles. The highest BCUT2D eigenvalue weighted by molar-refractivity contribution is 5.85. The maximum Gasteiger partial charge on any atom is 0.228 e. The minimum Gasteiger partial charge on any atom is -0.383 e. The van der Waals surface area contributed by atoms with E-state index in [1.54, 1.807) is 12.0 Å². The first kappa shape index (κ1) is 21.1. The number of aryl methyl sites for hydroxylation is 1. The number of ether oxygens (including phenoxy) is 1. The molecule has 2 unspecified atom stereocenters. The largest absolute Gasteiger partial charge is 0.383 e. The van der Waals surface area contributed by atoms with Gasteiger partial charge in [-0.3, -0.25) is 9.59 Å². The fourth-order valence-corrected chi connectivity index (χ4v) is 4.06. The van der Waals surface area contributed by atoms with Gasteiger partial charge in [-0.2, -0.15) is 0 Å². The van der Waals surface area contributed by atoms with Crippen LogP contribution in [0.3, 0.4) is 0 Å². The third-order valence-electron chi connectivity index (χ3n) is 5.62. The van der Waals surface area contributed by atoms with E-state index in [2.05, 4.69) is 0 Å². The summed E-state index contributed by atoms with van der Waals surface area (Å²) >= 11 is 0. The van der Waals surface area contributed by atoms with Gasteiger partial charge in [-0.25, -0.2) is 0 Å². The Morgan fingerprint density at radius 2 is 1.83 bits per heavy atom. The molecule has 1 aliphatic heterocycles. The van der Waals surface area contributed by atoms with Crippen LogP contribution in [-0.4, -0.2) is 48.9 Å². The van der Waals surface area contributed by atoms with Crippen LogP contribution in [0.25, 0.3) is 0 Å². The Labute approximate surface area is 173 Å². The summed E-state index contributed by atoms with van der Waals surface area (Å²) in [4.78, 5) is 29.8. The zero-order valence-electron chi connectivity index (χ0n) is 17.5. The van der Waals surface area contributed by atoms with Gasteiger partial charge in [-0.05, 0) is 24.5 Å². The highest BCUT2D eigenvalue weighted by atomic mass is 16.5. The summed E-state index contributed by atoms with van der Waals surface area (Å²) in [6, 6.07) is 17.9. The quantitative estimate of drug-likeness (QED) is 0.721. The van der Waals surface area contributed by atoms with E-state index >= 15 is 0 Å². The zero-order valence-corrected chi connectivity index (χ0v) is 17.5. The second-order valence-electron chi connectivity index (χ2n) is 7.76. The Kier molecular flexibility index (Phi) is 7.04. The van der Waals surface area contributed by atoms with Crippen molar-refractivity contribution in [3.8, 4) is 0 Å². The van der Waals surface area contributed by atoms with Crippen LogP contribution in [0.2, 0.25) is 0 Å². The van der Waals surface area contributed by atoms with Crippen molar-refractivity contribution in [1.29, 1.82) is 0 Å². The second kappa shape index (κ2) is 9.70. The van der Waals surface area contributed by atoms with Crippen molar-refractivity contribution in [2.24, 2.45) is 5.92 Å². The van der Waals surface area contributed by atoms with E-state index in [1.807, 2.05) is 73.5 Å². The van der Waals surface area contributed by atoms with Crippen molar-refractivity contribution in [2.75, 3.05) is 27.3 Å². The lowest BCUT2D eigenvalue weighted by molar-refractivity contribution is -0.148. The fraction of sp³-hybridized carbons (Fsp3) is 0.417. The topological polar surface area (TPSA) is 49.9 Å². The van der Waals surface area contributed by atoms with Gasteiger partial charge in [-0.15, -0.1) is 0 Å². The van der Waals surface area contributed by atoms with Crippen molar-refractivity contribution < 1.29 is 14.3 Å². The van der Waals surface area contributed by atoms with Crippen LogP contribution in [0, 0.1) is 12.8 Å². The van der Waals surface area contributed by atoms with Gasteiger partial charge in [0.2, 0.25) is 11.8 Å². The molecule has 1 fully saturated rings. The number of carbonyl (C=O) groups excluding carboxylic acids is 2. The smallest absolute Gasteiger partial charge is 0.228 e. The van der Waals surface area contributed by atoms with Gasteiger partial charge in [0.25, 0.3) is 0 Å². The Morgan fingerprint density at radius 3 is 2.48 bits per heavy atom. The van der Waals surface area contributed by atoms with Gasteiger partial charge in [0, 0.05) is 33.7 Å². The molecule has 2 atom stereocenters. The molecule has 0 N–H and O–H groups in total. The summed E-state index contributed by atoms with van der Waals surface area (Å²) in [5.74, 6) is -0.0993. The van der Waals surface area contributed by atoms with Gasteiger partial charge in [0.15, 0.2) is 0 Å². The molecule has 0 aromatic heterocycles. The molecule has 154 valence electrons. The lowest BCUT2D eigenvalue weighted by Gasteiger charge is -2.42. The maximum absolute atomic E-state index is 13.4. The number of likely N-dealkylation sites (tertiary alicyclic amines) is 1. The molecule has 2 amide bonds. The summed E-state index contributed by atoms with van der Waals surface area (Å²) in [6.45, 7) is 3.53. The first-order valence-corrected chi connectivity index (χ1v) is 10.1. The molecule has 1 aliphatic rings. The van der Waals surface area contributed by atoms with E-state index in [0.717, 1.165) is 16.7 Å². The minimum absolute atomic E-state index is 0.0781. The fourth-order valence-electron chi connectivity index (χ4n) is 4.06. The van der Waals surface area contributed by atoms with E-state index in [0.29, 0.717) is 32.5 Å². The molecule has 5 heteroatoms. The first-order chi connectivity index (χ1) is 14.0. The third-order valence-corrected chi connectivity index (χ3v) is 5.62. The van der Waals surface area contributed by atoms with Gasteiger partial charge in [-0.1, -0.05) is 60.2 Å². The number of rotatable bonds is 7. The Morgan fingerprint density at radius 1 is 1.14 bits per heavy atom. The third kappa shape index (κ3) is 5.04. The van der Waals surface area contributed by atoms with Gasteiger partial charge < -0.3 is 14.5 Å². The molecule has 0 bridgehead atoms. The number of methoxy groups -OCH3 is 1. The lowest BCUT2D eigenvalue weighted by atomic mass is 9.83. The number of hydrogen-bond acceptors (Lipinski definition) is 3. The van der Waals surface area contributed by atoms with Crippen LogP contribution >= 0.6 is 0 Å². The van der Waals surface area contributed by atoms with Crippen LogP contribution in [0.15, 0.2) is 54.6 Å². The van der Waals surface area contributed by atoms with Crippen molar-refractivity contribution in [1.82, 2.24) is 9.80 Å². The summed E-state index contributed by atoms with van der Waals surface area (Å²) in [6.07, 6.45) is 0.959. The molecule has 0 radical (unpaired) electrons. The monoisotopic (exact) mass is 394 g/mol. The van der Waals surface area contributed by atoms with Crippen molar-refractivity contribution >= 4 is 11.8 Å². The average molecular weight is 395 g/mol. The Hall–Kier alpha value is -2.66. The molecule has 2 aromatic rings. The minimum atomic E-state index is -0.266. The average Bonchev–Trinajstić information content (AvgIpc) is 2.73. The van der Waals surface area contributed by atoms with Crippen molar-refractivity contribution in [3.63, 3.8) is 0 Å². The van der Waals surface area contributed by atoms with Crippen LogP contribution in [0.1, 0.15) is 35.6 Å². The molecule has 0 spiro atoms. The van der Waals surface area contributed by atoms with Crippen LogP contribution in [0.5, 0.6) is 0 Å². The Balaban J connectivity index is 1.87. The lowest BCUT2D eigenvalue weighted by Crippen LogP contribution is -2.49. The number of benzene rings is 2. The predicted octanol–water partition coefficient (Wildman–Crippen LogP) is 3.58. The number of carbonyl (C=O) groups is 2. The normalized spacial score (nSPS) is 19.3. The summed E-state index contributed by atoms with van der Waals surface area (Å²) in [7, 11) is 3.48. The molecule has 3 rings (SSSR count). The van der Waals surface area contributed by atoms with Gasteiger partial charge in [0.05, 0.1) is 18.6 Å². The summed E-state index contributed by atoms with van der Waals surface area (Å²) in [5, 5.41) is 0. The molecule has 0 aliphatic carbocycles. The number of nitrogens with zero attached hydrogens (tertiary/aromatic N) is 2. The zero-order chi connectivity index (χ0) is 20.8. The highest BCUT2D eigenvalue weighted by Crippen LogP contribution is 2.38. The second-order valence-corrected chi connectivity index (χ2v) is 7.76. The van der Waals surface area contributed by atoms with Crippen LogP contribution in [-0.2, 0) is 20.9 Å². The van der Waals surface area contributed by atoms with E-state index in [-0.39, 0.29) is 23.8 Å². The molecular formula is C24H30N2O3. The van der Waals surface area contributed by atoms with Crippen LogP contribution < -0.4 is 0 Å². The number of amides is 2. The molecule has 0 saturated carbocycles. The first-order valence-electron chi connectivity index (χ1n) is 10.1.